The summed E-state index contributed by atoms with van der Waals surface area (Å²) in [6.07, 6.45) is 2.45. The van der Waals surface area contributed by atoms with Crippen LogP contribution in [0.4, 0.5) is 13.2 Å². The SMILES string of the molecule is NCCCCCNC(=O)c1cc(F)c(F)c(F)c1. The Morgan fingerprint density at radius 2 is 1.72 bits per heavy atom. The van der Waals surface area contributed by atoms with E-state index in [1.165, 1.54) is 0 Å². The maximum Gasteiger partial charge on any atom is 0.251 e. The molecule has 0 aliphatic carbocycles. The lowest BCUT2D eigenvalue weighted by molar-refractivity contribution is 0.0952. The molecule has 0 heterocycles. The number of unbranched alkanes of at least 4 members (excludes halogenated alkanes) is 2. The summed E-state index contributed by atoms with van der Waals surface area (Å²) >= 11 is 0. The van der Waals surface area contributed by atoms with Gasteiger partial charge in [-0.05, 0) is 31.5 Å². The lowest BCUT2D eigenvalue weighted by Gasteiger charge is -2.05. The van der Waals surface area contributed by atoms with E-state index in [0.29, 0.717) is 25.2 Å². The van der Waals surface area contributed by atoms with E-state index in [1.807, 2.05) is 0 Å². The summed E-state index contributed by atoms with van der Waals surface area (Å²) in [4.78, 5) is 11.5. The van der Waals surface area contributed by atoms with Gasteiger partial charge in [0.05, 0.1) is 0 Å². The molecule has 0 aliphatic heterocycles. The van der Waals surface area contributed by atoms with Crippen LogP contribution >= 0.6 is 0 Å². The normalized spacial score (nSPS) is 10.4. The predicted octanol–water partition coefficient (Wildman–Crippen LogP) is 1.96. The van der Waals surface area contributed by atoms with Gasteiger partial charge in [0, 0.05) is 12.1 Å². The van der Waals surface area contributed by atoms with Crippen LogP contribution < -0.4 is 11.1 Å². The van der Waals surface area contributed by atoms with E-state index < -0.39 is 23.4 Å². The van der Waals surface area contributed by atoms with Gasteiger partial charge in [-0.1, -0.05) is 6.42 Å². The van der Waals surface area contributed by atoms with E-state index in [0.717, 1.165) is 19.3 Å². The first kappa shape index (κ1) is 14.5. The van der Waals surface area contributed by atoms with E-state index in [9.17, 15) is 18.0 Å². The zero-order valence-corrected chi connectivity index (χ0v) is 9.81. The first-order valence-electron chi connectivity index (χ1n) is 5.69. The van der Waals surface area contributed by atoms with E-state index >= 15 is 0 Å². The van der Waals surface area contributed by atoms with Crippen LogP contribution in [0.15, 0.2) is 12.1 Å². The van der Waals surface area contributed by atoms with Crippen LogP contribution in [-0.4, -0.2) is 19.0 Å². The minimum atomic E-state index is -1.57. The molecule has 0 fully saturated rings. The zero-order chi connectivity index (χ0) is 13.5. The second-order valence-electron chi connectivity index (χ2n) is 3.86. The highest BCUT2D eigenvalue weighted by molar-refractivity contribution is 5.94. The lowest BCUT2D eigenvalue weighted by atomic mass is 10.2. The third-order valence-corrected chi connectivity index (χ3v) is 2.41. The van der Waals surface area contributed by atoms with Crippen molar-refractivity contribution in [3.05, 3.63) is 35.1 Å². The van der Waals surface area contributed by atoms with Gasteiger partial charge in [-0.25, -0.2) is 13.2 Å². The van der Waals surface area contributed by atoms with E-state index in [1.54, 1.807) is 0 Å². The second-order valence-corrected chi connectivity index (χ2v) is 3.86. The molecule has 0 unspecified atom stereocenters. The molecule has 100 valence electrons. The van der Waals surface area contributed by atoms with Crippen LogP contribution in [-0.2, 0) is 0 Å². The third kappa shape index (κ3) is 4.03. The maximum atomic E-state index is 12.9. The van der Waals surface area contributed by atoms with Crippen LogP contribution in [0.3, 0.4) is 0 Å². The molecule has 3 nitrogen and oxygen atoms in total. The number of nitrogens with two attached hydrogens (primary N) is 1. The van der Waals surface area contributed by atoms with E-state index in [-0.39, 0.29) is 5.56 Å². The standard InChI is InChI=1S/C12H15F3N2O/c13-9-6-8(7-10(14)11(9)15)12(18)17-5-3-1-2-4-16/h6-7H,1-5,16H2,(H,17,18). The lowest BCUT2D eigenvalue weighted by Crippen LogP contribution is -2.25. The van der Waals surface area contributed by atoms with Crippen molar-refractivity contribution >= 4 is 5.91 Å². The summed E-state index contributed by atoms with van der Waals surface area (Å²) in [5.41, 5.74) is 5.07. The molecule has 1 aromatic carbocycles. The van der Waals surface area contributed by atoms with Crippen molar-refractivity contribution in [1.82, 2.24) is 5.32 Å². The van der Waals surface area contributed by atoms with Crippen LogP contribution in [0.2, 0.25) is 0 Å². The molecule has 1 amide bonds. The summed E-state index contributed by atoms with van der Waals surface area (Å²) in [5.74, 6) is -4.94. The molecule has 0 aromatic heterocycles. The molecular formula is C12H15F3N2O. The summed E-state index contributed by atoms with van der Waals surface area (Å²) in [6.45, 7) is 0.974. The number of nitrogens with one attached hydrogen (secondary N) is 1. The number of halogens is 3. The van der Waals surface area contributed by atoms with Gasteiger partial charge in [0.25, 0.3) is 5.91 Å². The van der Waals surface area contributed by atoms with E-state index in [4.69, 9.17) is 5.73 Å². The molecule has 0 aliphatic rings. The first-order chi connectivity index (χ1) is 8.56. The largest absolute Gasteiger partial charge is 0.352 e. The van der Waals surface area contributed by atoms with Crippen LogP contribution in [0.25, 0.3) is 0 Å². The fourth-order valence-electron chi connectivity index (χ4n) is 1.44. The van der Waals surface area contributed by atoms with E-state index in [2.05, 4.69) is 5.32 Å². The van der Waals surface area contributed by atoms with Crippen molar-refractivity contribution in [3.63, 3.8) is 0 Å². The highest BCUT2D eigenvalue weighted by Gasteiger charge is 2.14. The van der Waals surface area contributed by atoms with Crippen LogP contribution in [0, 0.1) is 17.5 Å². The minimum absolute atomic E-state index is 0.231. The minimum Gasteiger partial charge on any atom is -0.352 e. The average Bonchev–Trinajstić information content (AvgIpc) is 2.34. The Labute approximate surface area is 103 Å². The summed E-state index contributed by atoms with van der Waals surface area (Å²) in [6, 6.07) is 1.35. The Morgan fingerprint density at radius 3 is 2.28 bits per heavy atom. The molecule has 1 rings (SSSR count). The van der Waals surface area contributed by atoms with Gasteiger partial charge in [0.2, 0.25) is 0 Å². The van der Waals surface area contributed by atoms with Gasteiger partial charge in [-0.3, -0.25) is 4.79 Å². The quantitative estimate of drug-likeness (QED) is 0.607. The molecule has 0 saturated heterocycles. The first-order valence-corrected chi connectivity index (χ1v) is 5.69. The molecule has 18 heavy (non-hydrogen) atoms. The molecule has 6 heteroatoms. The molecule has 1 aromatic rings. The molecule has 0 bridgehead atoms. The Balaban J connectivity index is 2.52. The number of amides is 1. The predicted molar refractivity (Wildman–Crippen MR) is 61.6 cm³/mol. The summed E-state index contributed by atoms with van der Waals surface area (Å²) in [7, 11) is 0. The number of carbonyl (C=O) groups excluding carboxylic acids is 1. The number of hydrogen-bond acceptors (Lipinski definition) is 2. The topological polar surface area (TPSA) is 55.1 Å². The van der Waals surface area contributed by atoms with Crippen molar-refractivity contribution in [2.75, 3.05) is 13.1 Å². The molecule has 0 atom stereocenters. The number of hydrogen-bond donors (Lipinski definition) is 2. The van der Waals surface area contributed by atoms with Crippen LogP contribution in [0.5, 0.6) is 0 Å². The number of carbonyl (C=O) groups is 1. The van der Waals surface area contributed by atoms with Crippen molar-refractivity contribution in [3.8, 4) is 0 Å². The van der Waals surface area contributed by atoms with Gasteiger partial charge in [-0.2, -0.15) is 0 Å². The fraction of sp³-hybridized carbons (Fsp3) is 0.417. The Bertz CT molecular complexity index is 401. The molecule has 0 radical (unpaired) electrons. The van der Waals surface area contributed by atoms with Gasteiger partial charge in [0.1, 0.15) is 0 Å². The highest BCUT2D eigenvalue weighted by atomic mass is 19.2. The van der Waals surface area contributed by atoms with Gasteiger partial charge in [0.15, 0.2) is 17.5 Å². The molecule has 0 spiro atoms. The van der Waals surface area contributed by atoms with Crippen molar-refractivity contribution in [1.29, 1.82) is 0 Å². The Morgan fingerprint density at radius 1 is 1.11 bits per heavy atom. The van der Waals surface area contributed by atoms with Gasteiger partial charge in [-0.15, -0.1) is 0 Å². The Kier molecular flexibility index (Phi) is 5.64. The molecule has 0 saturated carbocycles. The third-order valence-electron chi connectivity index (χ3n) is 2.41. The van der Waals surface area contributed by atoms with Crippen molar-refractivity contribution in [2.45, 2.75) is 19.3 Å². The smallest absolute Gasteiger partial charge is 0.251 e. The van der Waals surface area contributed by atoms with Gasteiger partial charge < -0.3 is 11.1 Å². The maximum absolute atomic E-state index is 12.9. The second kappa shape index (κ2) is 7.00. The molecular weight excluding hydrogens is 245 g/mol. The fourth-order valence-corrected chi connectivity index (χ4v) is 1.44. The Hall–Kier alpha value is -1.56. The van der Waals surface area contributed by atoms with Crippen molar-refractivity contribution < 1.29 is 18.0 Å². The summed E-state index contributed by atoms with van der Waals surface area (Å²) < 4.78 is 38.4. The zero-order valence-electron chi connectivity index (χ0n) is 9.81. The summed E-state index contributed by atoms with van der Waals surface area (Å²) in [5, 5.41) is 2.50. The molecule has 3 N–H and O–H groups in total. The van der Waals surface area contributed by atoms with Crippen molar-refractivity contribution in [2.24, 2.45) is 5.73 Å². The number of rotatable bonds is 6. The highest BCUT2D eigenvalue weighted by Crippen LogP contribution is 2.13. The monoisotopic (exact) mass is 260 g/mol. The number of benzene rings is 1. The average molecular weight is 260 g/mol. The van der Waals surface area contributed by atoms with Gasteiger partial charge >= 0.3 is 0 Å². The van der Waals surface area contributed by atoms with Crippen LogP contribution in [0.1, 0.15) is 29.6 Å².